The van der Waals surface area contributed by atoms with E-state index in [9.17, 15) is 0 Å². The highest BCUT2D eigenvalue weighted by Gasteiger charge is 2.25. The van der Waals surface area contributed by atoms with Gasteiger partial charge >= 0.3 is 0 Å². The summed E-state index contributed by atoms with van der Waals surface area (Å²) in [6.45, 7) is 4.32. The van der Waals surface area contributed by atoms with Crippen LogP contribution in [0, 0.1) is 6.92 Å². The summed E-state index contributed by atoms with van der Waals surface area (Å²) in [5.74, 6) is 1.80. The molecule has 1 aliphatic rings. The molecule has 30 heavy (non-hydrogen) atoms. The average Bonchev–Trinajstić information content (AvgIpc) is 3.53. The molecule has 5 heterocycles. The van der Waals surface area contributed by atoms with Gasteiger partial charge in [-0.1, -0.05) is 0 Å². The van der Waals surface area contributed by atoms with Crippen LogP contribution >= 0.6 is 23.3 Å². The summed E-state index contributed by atoms with van der Waals surface area (Å²) in [6, 6.07) is 2.54. The van der Waals surface area contributed by atoms with E-state index in [-0.39, 0.29) is 0 Å². The maximum atomic E-state index is 4.78. The molecule has 0 radical (unpaired) electrons. The predicted molar refractivity (Wildman–Crippen MR) is 123 cm³/mol. The molecule has 10 heteroatoms. The van der Waals surface area contributed by atoms with E-state index in [1.807, 2.05) is 37.3 Å². The van der Waals surface area contributed by atoms with E-state index >= 15 is 0 Å². The highest BCUT2D eigenvalue weighted by Crippen LogP contribution is 2.32. The molecule has 2 N–H and O–H groups in total. The normalized spacial score (nSPS) is 15.8. The second-order valence-electron chi connectivity index (χ2n) is 7.51. The maximum Gasteiger partial charge on any atom is 0.180 e. The number of aromatic nitrogens is 6. The number of anilines is 2. The molecule has 4 aromatic rings. The number of rotatable bonds is 7. The number of hydrogen-bond donors (Lipinski definition) is 2. The highest BCUT2D eigenvalue weighted by molar-refractivity contribution is 7.98. The van der Waals surface area contributed by atoms with Crippen molar-refractivity contribution < 1.29 is 0 Å². The zero-order chi connectivity index (χ0) is 20.5. The number of aromatic amines is 1. The molecule has 1 atom stereocenters. The first kappa shape index (κ1) is 19.5. The van der Waals surface area contributed by atoms with E-state index in [1.165, 1.54) is 24.4 Å². The lowest BCUT2D eigenvalue weighted by atomic mass is 10.2. The summed E-state index contributed by atoms with van der Waals surface area (Å²) >= 11 is 3.37. The van der Waals surface area contributed by atoms with Crippen molar-refractivity contribution in [1.82, 2.24) is 33.8 Å². The molecular formula is C20H24N8S2. The first-order valence-corrected chi connectivity index (χ1v) is 12.2. The summed E-state index contributed by atoms with van der Waals surface area (Å²) in [5.41, 5.74) is 4.81. The first-order chi connectivity index (χ1) is 14.7. The van der Waals surface area contributed by atoms with Gasteiger partial charge in [0.15, 0.2) is 11.5 Å². The fraction of sp³-hybridized carbons (Fsp3) is 0.400. The minimum absolute atomic E-state index is 0.374. The number of fused-ring (bicyclic) bond motifs is 1. The maximum absolute atomic E-state index is 4.78. The predicted octanol–water partition coefficient (Wildman–Crippen LogP) is 4.13. The van der Waals surface area contributed by atoms with Gasteiger partial charge in [0, 0.05) is 23.7 Å². The van der Waals surface area contributed by atoms with Crippen molar-refractivity contribution >= 4 is 39.8 Å². The minimum atomic E-state index is 0.374. The van der Waals surface area contributed by atoms with Gasteiger partial charge in [-0.2, -0.15) is 21.2 Å². The third kappa shape index (κ3) is 3.70. The molecule has 156 valence electrons. The smallest absolute Gasteiger partial charge is 0.180 e. The number of likely N-dealkylation sites (tertiary alicyclic amines) is 1. The molecule has 1 saturated heterocycles. The molecular weight excluding hydrogens is 416 g/mol. The number of nitrogens with one attached hydrogen (secondary N) is 2. The van der Waals surface area contributed by atoms with Crippen LogP contribution in [0.4, 0.5) is 10.8 Å². The number of H-pyrrole nitrogens is 1. The summed E-state index contributed by atoms with van der Waals surface area (Å²) in [5, 5.41) is 11.4. The second-order valence-corrected chi connectivity index (χ2v) is 9.23. The lowest BCUT2D eigenvalue weighted by molar-refractivity contribution is 0.264. The Kier molecular flexibility index (Phi) is 5.45. The molecule has 5 rings (SSSR count). The monoisotopic (exact) mass is 440 g/mol. The fourth-order valence-corrected chi connectivity index (χ4v) is 5.40. The summed E-state index contributed by atoms with van der Waals surface area (Å²) in [7, 11) is 0. The largest absolute Gasteiger partial charge is 0.328 e. The fourth-order valence-electron chi connectivity index (χ4n) is 4.01. The van der Waals surface area contributed by atoms with Gasteiger partial charge in [0.2, 0.25) is 0 Å². The molecule has 0 aromatic carbocycles. The van der Waals surface area contributed by atoms with Crippen molar-refractivity contribution in [1.29, 1.82) is 0 Å². The third-order valence-corrected chi connectivity index (χ3v) is 6.79. The van der Waals surface area contributed by atoms with Crippen LogP contribution in [-0.4, -0.2) is 58.9 Å². The van der Waals surface area contributed by atoms with Crippen LogP contribution < -0.4 is 5.32 Å². The van der Waals surface area contributed by atoms with Crippen LogP contribution in [0.25, 0.3) is 16.9 Å². The molecule has 0 saturated carbocycles. The summed E-state index contributed by atoms with van der Waals surface area (Å²) < 4.78 is 6.83. The molecule has 0 aliphatic carbocycles. The Labute approximate surface area is 183 Å². The van der Waals surface area contributed by atoms with Crippen molar-refractivity contribution in [2.75, 3.05) is 30.4 Å². The zero-order valence-corrected chi connectivity index (χ0v) is 18.6. The number of imidazole rings is 1. The second kappa shape index (κ2) is 8.37. The average molecular weight is 441 g/mol. The van der Waals surface area contributed by atoms with Gasteiger partial charge in [-0.25, -0.2) is 9.97 Å². The number of hydrogen-bond acceptors (Lipinski definition) is 8. The van der Waals surface area contributed by atoms with E-state index in [4.69, 9.17) is 9.36 Å². The zero-order valence-electron chi connectivity index (χ0n) is 17.0. The lowest BCUT2D eigenvalue weighted by Gasteiger charge is -2.25. The Morgan fingerprint density at radius 3 is 2.93 bits per heavy atom. The molecule has 8 nitrogen and oxygen atoms in total. The Morgan fingerprint density at radius 1 is 1.30 bits per heavy atom. The summed E-state index contributed by atoms with van der Waals surface area (Å²) in [4.78, 5) is 11.9. The standard InChI is InChI=1S/C20H24N8S2/c1-13-11-28-16(14-8-22-23-9-14)10-21-20(28)19(24-13)25-18-7-15(26-30-18)17(12-29-2)27-5-3-4-6-27/h7-11,17H,3-6,12H2,1-2H3,(H,22,23)(H,24,25). The van der Waals surface area contributed by atoms with Gasteiger partial charge in [-0.3, -0.25) is 14.4 Å². The Morgan fingerprint density at radius 2 is 2.17 bits per heavy atom. The van der Waals surface area contributed by atoms with Gasteiger partial charge in [0.25, 0.3) is 0 Å². The number of thioether (sulfide) groups is 1. The molecule has 0 amide bonds. The van der Waals surface area contributed by atoms with Crippen molar-refractivity contribution in [2.24, 2.45) is 0 Å². The Hall–Kier alpha value is -2.43. The molecule has 1 aliphatic heterocycles. The van der Waals surface area contributed by atoms with E-state index in [0.29, 0.717) is 6.04 Å². The molecule has 4 aromatic heterocycles. The van der Waals surface area contributed by atoms with Gasteiger partial charge in [-0.05, 0) is 56.7 Å². The molecule has 1 unspecified atom stereocenters. The van der Waals surface area contributed by atoms with Gasteiger partial charge < -0.3 is 5.32 Å². The van der Waals surface area contributed by atoms with Crippen molar-refractivity contribution in [3.63, 3.8) is 0 Å². The Balaban J connectivity index is 1.45. The summed E-state index contributed by atoms with van der Waals surface area (Å²) in [6.07, 6.45) is 12.2. The van der Waals surface area contributed by atoms with Crippen LogP contribution in [0.3, 0.4) is 0 Å². The quantitative estimate of drug-likeness (QED) is 0.447. The van der Waals surface area contributed by atoms with Crippen LogP contribution in [0.2, 0.25) is 0 Å². The minimum Gasteiger partial charge on any atom is -0.328 e. The Bertz CT molecular complexity index is 1130. The van der Waals surface area contributed by atoms with Gasteiger partial charge in [0.05, 0.1) is 35.5 Å². The lowest BCUT2D eigenvalue weighted by Crippen LogP contribution is -2.27. The number of nitrogens with zero attached hydrogens (tertiary/aromatic N) is 6. The van der Waals surface area contributed by atoms with E-state index in [0.717, 1.165) is 58.0 Å². The van der Waals surface area contributed by atoms with Crippen LogP contribution in [0.5, 0.6) is 0 Å². The highest BCUT2D eigenvalue weighted by atomic mass is 32.2. The number of aryl methyl sites for hydroxylation is 1. The third-order valence-electron chi connectivity index (χ3n) is 5.42. The van der Waals surface area contributed by atoms with Crippen molar-refractivity contribution in [2.45, 2.75) is 25.8 Å². The van der Waals surface area contributed by atoms with Gasteiger partial charge in [-0.15, -0.1) is 0 Å². The van der Waals surface area contributed by atoms with Crippen LogP contribution in [-0.2, 0) is 0 Å². The molecule has 0 bridgehead atoms. The molecule has 0 spiro atoms. The van der Waals surface area contributed by atoms with E-state index in [1.54, 1.807) is 6.20 Å². The van der Waals surface area contributed by atoms with Gasteiger partial charge in [0.1, 0.15) is 5.00 Å². The molecule has 1 fully saturated rings. The van der Waals surface area contributed by atoms with Crippen molar-refractivity contribution in [3.8, 4) is 11.3 Å². The topological polar surface area (TPSA) is 87.0 Å². The van der Waals surface area contributed by atoms with Crippen LogP contribution in [0.1, 0.15) is 30.3 Å². The van der Waals surface area contributed by atoms with Crippen molar-refractivity contribution in [3.05, 3.63) is 42.2 Å². The van der Waals surface area contributed by atoms with E-state index < -0.39 is 0 Å². The SMILES string of the molecule is CSCC(c1cc(Nc2nc(C)cn3c(-c4cn[nH]c4)cnc23)sn1)N1CCCC1. The van der Waals surface area contributed by atoms with Crippen LogP contribution in [0.15, 0.2) is 30.9 Å². The first-order valence-electron chi connectivity index (χ1n) is 10.0. The van der Waals surface area contributed by atoms with E-state index in [2.05, 4.69) is 42.1 Å².